The lowest BCUT2D eigenvalue weighted by Gasteiger charge is -2.21. The molecular weight excluding hydrogens is 448 g/mol. The molecule has 1 fully saturated rings. The van der Waals surface area contributed by atoms with Gasteiger partial charge in [0, 0.05) is 23.7 Å². The van der Waals surface area contributed by atoms with Crippen LogP contribution >= 0.6 is 0 Å². The van der Waals surface area contributed by atoms with Crippen molar-refractivity contribution in [2.45, 2.75) is 39.7 Å². The monoisotopic (exact) mass is 478 g/mol. The number of carbonyl (C=O) groups is 3. The van der Waals surface area contributed by atoms with Crippen LogP contribution in [0.4, 0.5) is 0 Å². The van der Waals surface area contributed by atoms with Crippen molar-refractivity contribution in [1.29, 1.82) is 0 Å². The van der Waals surface area contributed by atoms with Crippen LogP contribution in [-0.2, 0) is 23.8 Å². The van der Waals surface area contributed by atoms with Crippen molar-refractivity contribution in [1.82, 2.24) is 9.47 Å². The highest BCUT2D eigenvalue weighted by Gasteiger charge is 2.38. The zero-order chi connectivity index (χ0) is 25.3. The van der Waals surface area contributed by atoms with E-state index in [1.165, 1.54) is 14.2 Å². The van der Waals surface area contributed by atoms with Gasteiger partial charge in [-0.25, -0.2) is 9.59 Å². The van der Waals surface area contributed by atoms with E-state index in [0.29, 0.717) is 30.1 Å². The lowest BCUT2D eigenvalue weighted by atomic mass is 10.0. The average Bonchev–Trinajstić information content (AvgIpc) is 3.53. The number of nitrogens with zero attached hydrogens (tertiary/aromatic N) is 2. The predicted molar refractivity (Wildman–Crippen MR) is 130 cm³/mol. The first-order valence-electron chi connectivity index (χ1n) is 11.6. The van der Waals surface area contributed by atoms with E-state index in [-0.39, 0.29) is 23.2 Å². The summed E-state index contributed by atoms with van der Waals surface area (Å²) in [5, 5.41) is 0. The molecule has 0 radical (unpaired) electrons. The second-order valence-corrected chi connectivity index (χ2v) is 8.73. The molecule has 4 rings (SSSR count). The van der Waals surface area contributed by atoms with Crippen LogP contribution in [0.1, 0.15) is 47.1 Å². The highest BCUT2D eigenvalue weighted by Crippen LogP contribution is 2.34. The summed E-state index contributed by atoms with van der Waals surface area (Å²) in [6.07, 6.45) is 3.52. The third kappa shape index (κ3) is 4.41. The van der Waals surface area contributed by atoms with Crippen molar-refractivity contribution in [3.8, 4) is 5.69 Å². The minimum Gasteiger partial charge on any atom is -0.465 e. The van der Waals surface area contributed by atoms with Gasteiger partial charge in [-0.3, -0.25) is 4.79 Å². The van der Waals surface area contributed by atoms with Crippen LogP contribution < -0.4 is 0 Å². The normalized spacial score (nSPS) is 19.1. The maximum Gasteiger partial charge on any atom is 0.340 e. The van der Waals surface area contributed by atoms with Crippen LogP contribution in [0.5, 0.6) is 0 Å². The predicted octanol–water partition coefficient (Wildman–Crippen LogP) is 3.73. The smallest absolute Gasteiger partial charge is 0.340 e. The number of aryl methyl sites for hydroxylation is 1. The van der Waals surface area contributed by atoms with E-state index in [2.05, 4.69) is 0 Å². The number of ether oxygens (including phenoxy) is 3. The van der Waals surface area contributed by atoms with E-state index < -0.39 is 11.9 Å². The molecular formula is C27H30N2O6. The first kappa shape index (κ1) is 24.5. The van der Waals surface area contributed by atoms with Crippen molar-refractivity contribution in [2.75, 3.05) is 27.4 Å². The van der Waals surface area contributed by atoms with E-state index in [0.717, 1.165) is 29.8 Å². The maximum atomic E-state index is 13.5. The summed E-state index contributed by atoms with van der Waals surface area (Å²) in [6.45, 7) is 6.67. The lowest BCUT2D eigenvalue weighted by molar-refractivity contribution is -0.136. The summed E-state index contributed by atoms with van der Waals surface area (Å²) in [5.41, 5.74) is 4.67. The van der Waals surface area contributed by atoms with Crippen LogP contribution in [0.3, 0.4) is 0 Å². The Balaban J connectivity index is 1.78. The second kappa shape index (κ2) is 9.92. The number of carbonyl (C=O) groups excluding carboxylic acids is 3. The summed E-state index contributed by atoms with van der Waals surface area (Å²) in [6, 6.07) is 9.11. The van der Waals surface area contributed by atoms with Crippen molar-refractivity contribution < 1.29 is 28.6 Å². The maximum absolute atomic E-state index is 13.5. The van der Waals surface area contributed by atoms with Crippen LogP contribution in [-0.4, -0.2) is 60.8 Å². The first-order chi connectivity index (χ1) is 16.8. The van der Waals surface area contributed by atoms with Crippen LogP contribution in [0.15, 0.2) is 47.2 Å². The number of methoxy groups -OCH3 is 2. The highest BCUT2D eigenvalue weighted by molar-refractivity contribution is 6.16. The van der Waals surface area contributed by atoms with E-state index in [9.17, 15) is 14.4 Å². The van der Waals surface area contributed by atoms with Crippen LogP contribution in [0, 0.1) is 13.8 Å². The molecule has 1 amide bonds. The van der Waals surface area contributed by atoms with E-state index in [4.69, 9.17) is 14.2 Å². The summed E-state index contributed by atoms with van der Waals surface area (Å²) >= 11 is 0. The second-order valence-electron chi connectivity index (χ2n) is 8.73. The number of allylic oxidation sites excluding steroid dienone is 1. The molecule has 1 aromatic carbocycles. The van der Waals surface area contributed by atoms with Gasteiger partial charge in [-0.15, -0.1) is 0 Å². The molecule has 0 spiro atoms. The number of hydrogen-bond donors (Lipinski definition) is 0. The third-order valence-corrected chi connectivity index (χ3v) is 6.63. The van der Waals surface area contributed by atoms with Gasteiger partial charge < -0.3 is 23.7 Å². The van der Waals surface area contributed by atoms with Gasteiger partial charge in [-0.1, -0.05) is 12.1 Å². The van der Waals surface area contributed by atoms with Gasteiger partial charge in [0.05, 0.1) is 49.3 Å². The minimum atomic E-state index is -0.554. The molecule has 1 aromatic heterocycles. The van der Waals surface area contributed by atoms with Gasteiger partial charge >= 0.3 is 11.9 Å². The Morgan fingerprint density at radius 1 is 1.11 bits per heavy atom. The number of esters is 2. The summed E-state index contributed by atoms with van der Waals surface area (Å²) in [7, 11) is 2.66. The van der Waals surface area contributed by atoms with Gasteiger partial charge in [0.2, 0.25) is 0 Å². The fourth-order valence-corrected chi connectivity index (χ4v) is 4.85. The van der Waals surface area contributed by atoms with Gasteiger partial charge in [0.1, 0.15) is 0 Å². The zero-order valence-electron chi connectivity index (χ0n) is 20.7. The van der Waals surface area contributed by atoms with Crippen molar-refractivity contribution in [2.24, 2.45) is 0 Å². The average molecular weight is 479 g/mol. The Morgan fingerprint density at radius 3 is 2.49 bits per heavy atom. The van der Waals surface area contributed by atoms with Crippen molar-refractivity contribution in [3.63, 3.8) is 0 Å². The molecule has 0 bridgehead atoms. The third-order valence-electron chi connectivity index (χ3n) is 6.63. The number of hydrogen-bond acceptors (Lipinski definition) is 6. The largest absolute Gasteiger partial charge is 0.465 e. The molecule has 2 aliphatic heterocycles. The van der Waals surface area contributed by atoms with Gasteiger partial charge in [0.15, 0.2) is 0 Å². The molecule has 1 saturated heterocycles. The number of benzene rings is 1. The lowest BCUT2D eigenvalue weighted by Crippen LogP contribution is -2.33. The van der Waals surface area contributed by atoms with Crippen molar-refractivity contribution in [3.05, 3.63) is 69.7 Å². The number of para-hydroxylation sites is 1. The Labute approximate surface area is 204 Å². The molecule has 0 N–H and O–H groups in total. The van der Waals surface area contributed by atoms with Crippen LogP contribution in [0.2, 0.25) is 0 Å². The Bertz CT molecular complexity index is 1250. The van der Waals surface area contributed by atoms with E-state index in [1.54, 1.807) is 30.0 Å². The quantitative estimate of drug-likeness (QED) is 0.465. The van der Waals surface area contributed by atoms with Gasteiger partial charge in [-0.05, 0) is 63.5 Å². The van der Waals surface area contributed by atoms with Crippen LogP contribution in [0.25, 0.3) is 11.8 Å². The van der Waals surface area contributed by atoms with Gasteiger partial charge in [-0.2, -0.15) is 0 Å². The molecule has 0 aliphatic carbocycles. The number of aromatic nitrogens is 1. The fraction of sp³-hybridized carbons (Fsp3) is 0.370. The molecule has 1 atom stereocenters. The molecule has 8 heteroatoms. The number of rotatable bonds is 6. The fourth-order valence-electron chi connectivity index (χ4n) is 4.85. The minimum absolute atomic E-state index is 0.0490. The Kier molecular flexibility index (Phi) is 6.93. The molecule has 8 nitrogen and oxygen atoms in total. The zero-order valence-corrected chi connectivity index (χ0v) is 20.7. The summed E-state index contributed by atoms with van der Waals surface area (Å²) in [5.74, 6) is -1.24. The highest BCUT2D eigenvalue weighted by atomic mass is 16.5. The first-order valence-corrected chi connectivity index (χ1v) is 11.6. The van der Waals surface area contributed by atoms with Gasteiger partial charge in [0.25, 0.3) is 5.91 Å². The standard InChI is InChI=1S/C27H30N2O6/c1-16-13-19(17(2)29(16)23-11-7-6-10-21(23)26(31)33-4)14-22-24(27(32)34-5)18(3)28(25(22)30)15-20-9-8-12-35-20/h6-7,10-11,13-14,20H,8-9,12,15H2,1-5H3/b22-14-/t20-/m0/s1. The molecule has 2 aliphatic rings. The molecule has 2 aromatic rings. The summed E-state index contributed by atoms with van der Waals surface area (Å²) < 4.78 is 17.6. The van der Waals surface area contributed by atoms with E-state index >= 15 is 0 Å². The molecule has 184 valence electrons. The molecule has 3 heterocycles. The number of amides is 1. The summed E-state index contributed by atoms with van der Waals surface area (Å²) in [4.78, 5) is 40.1. The molecule has 0 saturated carbocycles. The molecule has 0 unspecified atom stereocenters. The topological polar surface area (TPSA) is 87.1 Å². The Morgan fingerprint density at radius 2 is 1.83 bits per heavy atom. The van der Waals surface area contributed by atoms with E-state index in [1.807, 2.05) is 36.6 Å². The SMILES string of the molecule is COC(=O)C1=C(C)N(C[C@@H]2CCCO2)C(=O)/C1=C\c1cc(C)n(-c2ccccc2C(=O)OC)c1C. The molecule has 35 heavy (non-hydrogen) atoms. The van der Waals surface area contributed by atoms with Crippen molar-refractivity contribution >= 4 is 23.9 Å². The Hall–Kier alpha value is -3.65.